The average Bonchev–Trinajstić information content (AvgIpc) is 3.22. The molecule has 0 saturated heterocycles. The number of amides is 1. The molecule has 0 unspecified atom stereocenters. The van der Waals surface area contributed by atoms with Gasteiger partial charge in [0.05, 0.1) is 35.0 Å². The molecule has 3 heterocycles. The van der Waals surface area contributed by atoms with Gasteiger partial charge in [-0.2, -0.15) is 18.3 Å². The van der Waals surface area contributed by atoms with E-state index in [1.807, 2.05) is 0 Å². The number of aryl methyl sites for hydroxylation is 1. The Hall–Kier alpha value is -4.35. The molecule has 0 aliphatic carbocycles. The maximum absolute atomic E-state index is 13.3. The zero-order valence-corrected chi connectivity index (χ0v) is 17.1. The molecule has 33 heavy (non-hydrogen) atoms. The molecule has 0 aliphatic rings. The van der Waals surface area contributed by atoms with Gasteiger partial charge in [0, 0.05) is 6.20 Å². The van der Waals surface area contributed by atoms with E-state index in [1.54, 1.807) is 19.1 Å². The van der Waals surface area contributed by atoms with Crippen LogP contribution < -0.4 is 21.3 Å². The van der Waals surface area contributed by atoms with Crippen molar-refractivity contribution >= 4 is 22.9 Å². The number of aromatic nitrogens is 4. The standard InChI is InChI=1S/C21H17F3N6O3/c1-12-10-29(15-4-2-3-5-16(15)33-11-21(22,23)24)20(32)18-14(9-27-30(12)18)19(31)28-17-7-6-13(25)8-26-17/h2-10H,11,25H2,1H3,(H,26,28,31). The van der Waals surface area contributed by atoms with Crippen molar-refractivity contribution < 1.29 is 22.7 Å². The number of anilines is 2. The second-order valence-corrected chi connectivity index (χ2v) is 7.07. The monoisotopic (exact) mass is 458 g/mol. The molecule has 0 radical (unpaired) electrons. The average molecular weight is 458 g/mol. The number of nitrogen functional groups attached to an aromatic ring is 1. The van der Waals surface area contributed by atoms with Crippen molar-refractivity contribution in [3.05, 3.63) is 76.6 Å². The number of rotatable bonds is 5. The number of halogens is 3. The summed E-state index contributed by atoms with van der Waals surface area (Å²) in [6.45, 7) is 0.118. The maximum Gasteiger partial charge on any atom is 0.422 e. The number of pyridine rings is 1. The van der Waals surface area contributed by atoms with Gasteiger partial charge in [0.15, 0.2) is 6.61 Å². The number of hydrogen-bond acceptors (Lipinski definition) is 6. The number of para-hydroxylation sites is 2. The van der Waals surface area contributed by atoms with Gasteiger partial charge in [-0.25, -0.2) is 9.50 Å². The Labute approximate surface area is 184 Å². The third kappa shape index (κ3) is 4.49. The number of alkyl halides is 3. The van der Waals surface area contributed by atoms with E-state index in [9.17, 15) is 22.8 Å². The lowest BCUT2D eigenvalue weighted by atomic mass is 10.2. The Morgan fingerprint density at radius 3 is 2.64 bits per heavy atom. The van der Waals surface area contributed by atoms with Gasteiger partial charge in [-0.3, -0.25) is 14.2 Å². The quantitative estimate of drug-likeness (QED) is 0.475. The Kier molecular flexibility index (Phi) is 5.50. The van der Waals surface area contributed by atoms with Gasteiger partial charge in [0.1, 0.15) is 17.1 Å². The minimum Gasteiger partial charge on any atom is -0.482 e. The first-order chi connectivity index (χ1) is 15.6. The molecule has 3 aromatic heterocycles. The highest BCUT2D eigenvalue weighted by atomic mass is 19.4. The molecule has 9 nitrogen and oxygen atoms in total. The Morgan fingerprint density at radius 2 is 1.94 bits per heavy atom. The molecule has 12 heteroatoms. The molecule has 0 bridgehead atoms. The van der Waals surface area contributed by atoms with Crippen LogP contribution in [-0.4, -0.2) is 37.9 Å². The summed E-state index contributed by atoms with van der Waals surface area (Å²) < 4.78 is 45.3. The van der Waals surface area contributed by atoms with Crippen LogP contribution in [0.5, 0.6) is 5.75 Å². The van der Waals surface area contributed by atoms with Crippen molar-refractivity contribution in [2.24, 2.45) is 0 Å². The molecular formula is C21H17F3N6O3. The van der Waals surface area contributed by atoms with Gasteiger partial charge < -0.3 is 15.8 Å². The van der Waals surface area contributed by atoms with Crippen LogP contribution in [0, 0.1) is 6.92 Å². The minimum atomic E-state index is -4.55. The Balaban J connectivity index is 1.78. The predicted octanol–water partition coefficient (Wildman–Crippen LogP) is 2.96. The van der Waals surface area contributed by atoms with Crippen LogP contribution in [0.4, 0.5) is 24.7 Å². The molecule has 170 valence electrons. The van der Waals surface area contributed by atoms with Crippen LogP contribution in [0.1, 0.15) is 16.1 Å². The molecule has 4 aromatic rings. The summed E-state index contributed by atoms with van der Waals surface area (Å²) in [5.74, 6) is -0.567. The van der Waals surface area contributed by atoms with Crippen molar-refractivity contribution in [2.75, 3.05) is 17.7 Å². The third-order valence-electron chi connectivity index (χ3n) is 4.63. The molecule has 3 N–H and O–H groups in total. The molecular weight excluding hydrogens is 441 g/mol. The lowest BCUT2D eigenvalue weighted by Gasteiger charge is -2.15. The summed E-state index contributed by atoms with van der Waals surface area (Å²) >= 11 is 0. The topological polar surface area (TPSA) is 117 Å². The van der Waals surface area contributed by atoms with E-state index in [4.69, 9.17) is 10.5 Å². The number of nitrogens with one attached hydrogen (secondary N) is 1. The summed E-state index contributed by atoms with van der Waals surface area (Å²) in [4.78, 5) is 30.2. The lowest BCUT2D eigenvalue weighted by Crippen LogP contribution is -2.25. The van der Waals surface area contributed by atoms with Crippen molar-refractivity contribution in [3.8, 4) is 11.4 Å². The molecule has 0 aliphatic heterocycles. The smallest absolute Gasteiger partial charge is 0.422 e. The number of ether oxygens (including phenoxy) is 1. The van der Waals surface area contributed by atoms with Crippen molar-refractivity contribution in [3.63, 3.8) is 0 Å². The van der Waals surface area contributed by atoms with Gasteiger partial charge in [0.2, 0.25) is 0 Å². The first kappa shape index (κ1) is 21.9. The zero-order chi connectivity index (χ0) is 23.8. The highest BCUT2D eigenvalue weighted by Gasteiger charge is 2.29. The van der Waals surface area contributed by atoms with Crippen LogP contribution in [-0.2, 0) is 0 Å². The molecule has 4 rings (SSSR count). The minimum absolute atomic E-state index is 0.0373. The van der Waals surface area contributed by atoms with Crippen LogP contribution >= 0.6 is 0 Å². The molecule has 1 aromatic carbocycles. The zero-order valence-electron chi connectivity index (χ0n) is 17.1. The molecule has 0 spiro atoms. The number of benzene rings is 1. The number of nitrogens with two attached hydrogens (primary N) is 1. The normalized spacial score (nSPS) is 11.5. The highest BCUT2D eigenvalue weighted by molar-refractivity contribution is 6.08. The largest absolute Gasteiger partial charge is 0.482 e. The molecule has 0 saturated carbocycles. The number of fused-ring (bicyclic) bond motifs is 1. The van der Waals surface area contributed by atoms with Gasteiger partial charge in [-0.05, 0) is 31.2 Å². The molecule has 0 atom stereocenters. The van der Waals surface area contributed by atoms with E-state index in [0.29, 0.717) is 11.4 Å². The number of nitrogens with zero attached hydrogens (tertiary/aromatic N) is 4. The fourth-order valence-electron chi connectivity index (χ4n) is 3.18. The fourth-order valence-corrected chi connectivity index (χ4v) is 3.18. The van der Waals surface area contributed by atoms with E-state index >= 15 is 0 Å². The first-order valence-electron chi connectivity index (χ1n) is 9.56. The number of carbonyl (C=O) groups is 1. The SMILES string of the molecule is Cc1cn(-c2ccccc2OCC(F)(F)F)c(=O)c2c(C(=O)Nc3ccc(N)cn3)cnn12. The number of carbonyl (C=O) groups excluding carboxylic acids is 1. The van der Waals surface area contributed by atoms with Crippen molar-refractivity contribution in [1.29, 1.82) is 0 Å². The summed E-state index contributed by atoms with van der Waals surface area (Å²) in [5.41, 5.74) is 5.78. The number of hydrogen-bond donors (Lipinski definition) is 2. The van der Waals surface area contributed by atoms with E-state index in [-0.39, 0.29) is 28.3 Å². The molecule has 1 amide bonds. The van der Waals surface area contributed by atoms with Crippen LogP contribution in [0.25, 0.3) is 11.2 Å². The predicted molar refractivity (Wildman–Crippen MR) is 114 cm³/mol. The van der Waals surface area contributed by atoms with Crippen molar-refractivity contribution in [2.45, 2.75) is 13.1 Å². The lowest BCUT2D eigenvalue weighted by molar-refractivity contribution is -0.153. The highest BCUT2D eigenvalue weighted by Crippen LogP contribution is 2.25. The van der Waals surface area contributed by atoms with Crippen LogP contribution in [0.2, 0.25) is 0 Å². The summed E-state index contributed by atoms with van der Waals surface area (Å²) in [6, 6.07) is 8.85. The second kappa shape index (κ2) is 8.30. The fraction of sp³-hybridized carbons (Fsp3) is 0.143. The van der Waals surface area contributed by atoms with E-state index in [1.165, 1.54) is 47.4 Å². The summed E-state index contributed by atoms with van der Waals surface area (Å²) in [7, 11) is 0. The van der Waals surface area contributed by atoms with Gasteiger partial charge in [0.25, 0.3) is 11.5 Å². The Bertz CT molecular complexity index is 1390. The summed E-state index contributed by atoms with van der Waals surface area (Å²) in [6.07, 6.45) is -0.556. The van der Waals surface area contributed by atoms with E-state index in [0.717, 1.165) is 4.57 Å². The summed E-state index contributed by atoms with van der Waals surface area (Å²) in [5, 5.41) is 6.66. The van der Waals surface area contributed by atoms with E-state index in [2.05, 4.69) is 15.4 Å². The maximum atomic E-state index is 13.3. The van der Waals surface area contributed by atoms with E-state index < -0.39 is 24.2 Å². The first-order valence-corrected chi connectivity index (χ1v) is 9.56. The Morgan fingerprint density at radius 1 is 1.18 bits per heavy atom. The van der Waals surface area contributed by atoms with Crippen LogP contribution in [0.3, 0.4) is 0 Å². The van der Waals surface area contributed by atoms with Crippen molar-refractivity contribution in [1.82, 2.24) is 19.2 Å². The molecule has 0 fully saturated rings. The van der Waals surface area contributed by atoms with Crippen LogP contribution in [0.15, 0.2) is 59.8 Å². The van der Waals surface area contributed by atoms with Gasteiger partial charge in [-0.1, -0.05) is 12.1 Å². The van der Waals surface area contributed by atoms with Gasteiger partial charge in [-0.15, -0.1) is 0 Å². The van der Waals surface area contributed by atoms with Gasteiger partial charge >= 0.3 is 6.18 Å². The third-order valence-corrected chi connectivity index (χ3v) is 4.63. The second-order valence-electron chi connectivity index (χ2n) is 7.07.